The monoisotopic (exact) mass is 296 g/mol. The van der Waals surface area contributed by atoms with Crippen molar-refractivity contribution in [1.82, 2.24) is 15.1 Å². The molecule has 0 saturated heterocycles. The number of carbonyl (C=O) groups excluding carboxylic acids is 2. The summed E-state index contributed by atoms with van der Waals surface area (Å²) in [6.07, 6.45) is 1.40. The van der Waals surface area contributed by atoms with Crippen molar-refractivity contribution in [2.24, 2.45) is 7.05 Å². The van der Waals surface area contributed by atoms with Crippen LogP contribution in [0.3, 0.4) is 0 Å². The molecule has 0 aliphatic carbocycles. The van der Waals surface area contributed by atoms with E-state index in [2.05, 4.69) is 10.4 Å². The zero-order chi connectivity index (χ0) is 16.2. The molecular formula is C14H24N4O3. The predicted octanol–water partition coefficient (Wildman–Crippen LogP) is 1.03. The third-order valence-corrected chi connectivity index (χ3v) is 3.38. The van der Waals surface area contributed by atoms with Gasteiger partial charge in [0, 0.05) is 12.6 Å². The average Bonchev–Trinajstić information content (AvgIpc) is 2.70. The molecule has 21 heavy (non-hydrogen) atoms. The lowest BCUT2D eigenvalue weighted by Gasteiger charge is -2.24. The van der Waals surface area contributed by atoms with E-state index < -0.39 is 5.97 Å². The summed E-state index contributed by atoms with van der Waals surface area (Å²) < 4.78 is 6.39. The first-order valence-electron chi connectivity index (χ1n) is 7.01. The summed E-state index contributed by atoms with van der Waals surface area (Å²) in [5.74, 6) is -0.988. The van der Waals surface area contributed by atoms with Crippen LogP contribution in [0.25, 0.3) is 0 Å². The van der Waals surface area contributed by atoms with Gasteiger partial charge in [-0.25, -0.2) is 4.79 Å². The molecule has 1 rings (SSSR count). The topological polar surface area (TPSA) is 99.2 Å². The number of aromatic nitrogens is 2. The van der Waals surface area contributed by atoms with Crippen LogP contribution in [0.1, 0.15) is 50.3 Å². The van der Waals surface area contributed by atoms with Crippen LogP contribution in [-0.2, 0) is 23.0 Å². The number of esters is 1. The maximum Gasteiger partial charge on any atom is 0.359 e. The summed E-state index contributed by atoms with van der Waals surface area (Å²) in [7, 11) is 1.62. The van der Waals surface area contributed by atoms with Crippen molar-refractivity contribution in [3.8, 4) is 0 Å². The highest BCUT2D eigenvalue weighted by Gasteiger charge is 2.23. The highest BCUT2D eigenvalue weighted by Crippen LogP contribution is 2.17. The average molecular weight is 296 g/mol. The van der Waals surface area contributed by atoms with Crippen molar-refractivity contribution in [2.75, 3.05) is 12.3 Å². The third kappa shape index (κ3) is 4.21. The summed E-state index contributed by atoms with van der Waals surface area (Å²) in [5.41, 5.74) is 6.65. The molecule has 0 aliphatic rings. The zero-order valence-corrected chi connectivity index (χ0v) is 13.3. The Balaban J connectivity index is 2.67. The number of ether oxygens (including phenoxy) is 1. The largest absolute Gasteiger partial charge is 0.451 e. The molecule has 7 nitrogen and oxygen atoms in total. The molecule has 0 saturated carbocycles. The van der Waals surface area contributed by atoms with Gasteiger partial charge in [0.25, 0.3) is 5.91 Å². The van der Waals surface area contributed by atoms with Gasteiger partial charge < -0.3 is 15.8 Å². The fourth-order valence-electron chi connectivity index (χ4n) is 1.80. The number of hydrogen-bond donors (Lipinski definition) is 2. The van der Waals surface area contributed by atoms with Crippen LogP contribution in [0.15, 0.2) is 0 Å². The molecule has 1 amide bonds. The number of hydrogen-bond acceptors (Lipinski definition) is 5. The summed E-state index contributed by atoms with van der Waals surface area (Å²) in [6.45, 7) is 7.33. The lowest BCUT2D eigenvalue weighted by Crippen LogP contribution is -2.44. The van der Waals surface area contributed by atoms with E-state index in [1.54, 1.807) is 7.05 Å². The Morgan fingerprint density at radius 1 is 1.38 bits per heavy atom. The first kappa shape index (κ1) is 17.0. The second kappa shape index (κ2) is 6.60. The van der Waals surface area contributed by atoms with Crippen molar-refractivity contribution in [1.29, 1.82) is 0 Å². The van der Waals surface area contributed by atoms with E-state index in [-0.39, 0.29) is 23.7 Å². The molecule has 0 fully saturated rings. The van der Waals surface area contributed by atoms with Crippen LogP contribution in [0, 0.1) is 0 Å². The van der Waals surface area contributed by atoms with Gasteiger partial charge >= 0.3 is 5.97 Å². The molecule has 0 bridgehead atoms. The van der Waals surface area contributed by atoms with Crippen molar-refractivity contribution in [2.45, 2.75) is 46.1 Å². The number of nitrogens with one attached hydrogen (secondary N) is 1. The molecule has 118 valence electrons. The van der Waals surface area contributed by atoms with Gasteiger partial charge in [0.05, 0.1) is 11.4 Å². The molecular weight excluding hydrogens is 272 g/mol. The van der Waals surface area contributed by atoms with Gasteiger partial charge in [0.1, 0.15) is 0 Å². The van der Waals surface area contributed by atoms with Gasteiger partial charge in [-0.1, -0.05) is 13.8 Å². The predicted molar refractivity (Wildman–Crippen MR) is 79.8 cm³/mol. The SMILES string of the molecule is CCc1nn(C)c(C(=O)OCC(=O)NC(C)(C)CC)c1N. The Bertz CT molecular complexity index is 535. The number of aryl methyl sites for hydroxylation is 2. The summed E-state index contributed by atoms with van der Waals surface area (Å²) in [6, 6.07) is 0. The van der Waals surface area contributed by atoms with Crippen molar-refractivity contribution in [3.63, 3.8) is 0 Å². The molecule has 0 unspecified atom stereocenters. The molecule has 1 heterocycles. The van der Waals surface area contributed by atoms with Gasteiger partial charge in [0.2, 0.25) is 0 Å². The smallest absolute Gasteiger partial charge is 0.359 e. The van der Waals surface area contributed by atoms with E-state index in [9.17, 15) is 9.59 Å². The number of nitrogen functional groups attached to an aromatic ring is 1. The Labute approximate surface area is 124 Å². The second-order valence-corrected chi connectivity index (χ2v) is 5.55. The van der Waals surface area contributed by atoms with E-state index in [0.717, 1.165) is 6.42 Å². The van der Waals surface area contributed by atoms with E-state index in [1.165, 1.54) is 4.68 Å². The highest BCUT2D eigenvalue weighted by molar-refractivity contribution is 5.95. The minimum atomic E-state index is -0.647. The van der Waals surface area contributed by atoms with Gasteiger partial charge in [-0.05, 0) is 26.7 Å². The number of nitrogens with zero attached hydrogens (tertiary/aromatic N) is 2. The van der Waals surface area contributed by atoms with E-state index in [0.29, 0.717) is 17.8 Å². The van der Waals surface area contributed by atoms with Crippen LogP contribution in [0.2, 0.25) is 0 Å². The summed E-state index contributed by atoms with van der Waals surface area (Å²) in [4.78, 5) is 23.8. The normalized spacial score (nSPS) is 11.3. The first-order valence-corrected chi connectivity index (χ1v) is 7.01. The lowest BCUT2D eigenvalue weighted by atomic mass is 10.0. The van der Waals surface area contributed by atoms with E-state index >= 15 is 0 Å². The molecule has 1 aromatic rings. The third-order valence-electron chi connectivity index (χ3n) is 3.38. The fourth-order valence-corrected chi connectivity index (χ4v) is 1.80. The molecule has 1 aromatic heterocycles. The highest BCUT2D eigenvalue weighted by atomic mass is 16.5. The van der Waals surface area contributed by atoms with Crippen LogP contribution in [0.4, 0.5) is 5.69 Å². The summed E-state index contributed by atoms with van der Waals surface area (Å²) >= 11 is 0. The van der Waals surface area contributed by atoms with Crippen LogP contribution >= 0.6 is 0 Å². The Kier molecular flexibility index (Phi) is 5.34. The van der Waals surface area contributed by atoms with Gasteiger partial charge in [-0.15, -0.1) is 0 Å². The van der Waals surface area contributed by atoms with Crippen LogP contribution in [0.5, 0.6) is 0 Å². The molecule has 0 atom stereocenters. The first-order chi connectivity index (χ1) is 9.71. The molecule has 0 aliphatic heterocycles. The Morgan fingerprint density at radius 2 is 2.00 bits per heavy atom. The standard InChI is InChI=1S/C14H24N4O3/c1-6-9-11(15)12(18(5)17-9)13(20)21-8-10(19)16-14(3,4)7-2/h6-8,15H2,1-5H3,(H,16,19). The van der Waals surface area contributed by atoms with Gasteiger partial charge in [-0.2, -0.15) is 5.10 Å². The maximum atomic E-state index is 12.0. The molecule has 0 aromatic carbocycles. The Hall–Kier alpha value is -2.05. The molecule has 3 N–H and O–H groups in total. The van der Waals surface area contributed by atoms with Crippen molar-refractivity contribution >= 4 is 17.6 Å². The molecule has 7 heteroatoms. The lowest BCUT2D eigenvalue weighted by molar-refractivity contribution is -0.125. The van der Waals surface area contributed by atoms with Gasteiger partial charge in [0.15, 0.2) is 12.3 Å². The fraction of sp³-hybridized carbons (Fsp3) is 0.643. The number of anilines is 1. The number of amides is 1. The quantitative estimate of drug-likeness (QED) is 0.764. The minimum absolute atomic E-state index is 0.175. The van der Waals surface area contributed by atoms with Gasteiger partial charge in [-0.3, -0.25) is 9.48 Å². The van der Waals surface area contributed by atoms with E-state index in [4.69, 9.17) is 10.5 Å². The maximum absolute atomic E-state index is 12.0. The van der Waals surface area contributed by atoms with Crippen molar-refractivity contribution < 1.29 is 14.3 Å². The number of rotatable bonds is 6. The number of carbonyl (C=O) groups is 2. The van der Waals surface area contributed by atoms with Crippen molar-refractivity contribution in [3.05, 3.63) is 11.4 Å². The molecule has 0 radical (unpaired) electrons. The summed E-state index contributed by atoms with van der Waals surface area (Å²) in [5, 5.41) is 6.93. The van der Waals surface area contributed by atoms with E-state index in [1.807, 2.05) is 27.7 Å². The minimum Gasteiger partial charge on any atom is -0.451 e. The second-order valence-electron chi connectivity index (χ2n) is 5.55. The number of nitrogens with two attached hydrogens (primary N) is 1. The zero-order valence-electron chi connectivity index (χ0n) is 13.3. The Morgan fingerprint density at radius 3 is 2.48 bits per heavy atom. The van der Waals surface area contributed by atoms with Crippen LogP contribution < -0.4 is 11.1 Å². The van der Waals surface area contributed by atoms with Crippen LogP contribution in [-0.4, -0.2) is 33.8 Å². The molecule has 0 spiro atoms.